The molecular weight excluding hydrogens is 302 g/mol. The fourth-order valence-corrected chi connectivity index (χ4v) is 2.53. The summed E-state index contributed by atoms with van der Waals surface area (Å²) >= 11 is 5.58. The third-order valence-electron chi connectivity index (χ3n) is 2.30. The van der Waals surface area contributed by atoms with Crippen molar-refractivity contribution in [1.82, 2.24) is 9.97 Å². The highest BCUT2D eigenvalue weighted by Crippen LogP contribution is 2.18. The fourth-order valence-electron chi connectivity index (χ4n) is 1.44. The van der Waals surface area contributed by atoms with Gasteiger partial charge in [-0.25, -0.2) is 18.4 Å². The Morgan fingerprint density at radius 2 is 1.90 bits per heavy atom. The van der Waals surface area contributed by atoms with Crippen molar-refractivity contribution in [3.63, 3.8) is 0 Å². The first-order valence-electron chi connectivity index (χ1n) is 5.74. The van der Waals surface area contributed by atoms with Crippen LogP contribution in [0.25, 0.3) is 0 Å². The van der Waals surface area contributed by atoms with Crippen molar-refractivity contribution in [3.8, 4) is 5.75 Å². The Morgan fingerprint density at radius 1 is 1.20 bits per heavy atom. The summed E-state index contributed by atoms with van der Waals surface area (Å²) in [7, 11) is -3.71. The van der Waals surface area contributed by atoms with E-state index in [1.165, 1.54) is 24.5 Å². The molecule has 0 spiro atoms. The largest absolute Gasteiger partial charge is 0.494 e. The van der Waals surface area contributed by atoms with Crippen LogP contribution in [-0.2, 0) is 10.0 Å². The molecular formula is C12H12ClN3O3S. The predicted octanol–water partition coefficient (Wildman–Crippen LogP) is 2.33. The Balaban J connectivity index is 2.19. The van der Waals surface area contributed by atoms with Crippen molar-refractivity contribution < 1.29 is 13.2 Å². The molecule has 0 aliphatic heterocycles. The number of hydrogen-bond acceptors (Lipinski definition) is 5. The van der Waals surface area contributed by atoms with E-state index < -0.39 is 10.0 Å². The zero-order valence-corrected chi connectivity index (χ0v) is 12.1. The van der Waals surface area contributed by atoms with Crippen molar-refractivity contribution in [2.45, 2.75) is 11.8 Å². The van der Waals surface area contributed by atoms with Gasteiger partial charge in [-0.05, 0) is 31.2 Å². The molecule has 6 nitrogen and oxygen atoms in total. The number of rotatable bonds is 5. The molecule has 0 fully saturated rings. The average Bonchev–Trinajstić information content (AvgIpc) is 2.42. The molecule has 0 unspecified atom stereocenters. The summed E-state index contributed by atoms with van der Waals surface area (Å²) in [6, 6.07) is 6.09. The highest BCUT2D eigenvalue weighted by molar-refractivity contribution is 7.92. The second-order valence-electron chi connectivity index (χ2n) is 3.73. The van der Waals surface area contributed by atoms with Crippen molar-refractivity contribution in [1.29, 1.82) is 0 Å². The fraction of sp³-hybridized carbons (Fsp3) is 0.167. The molecule has 2 aromatic rings. The van der Waals surface area contributed by atoms with Gasteiger partial charge in [0.05, 0.1) is 23.9 Å². The van der Waals surface area contributed by atoms with Crippen LogP contribution < -0.4 is 9.46 Å². The number of hydrogen-bond donors (Lipinski definition) is 1. The molecule has 1 heterocycles. The third kappa shape index (κ3) is 3.58. The van der Waals surface area contributed by atoms with Crippen LogP contribution in [0, 0.1) is 0 Å². The van der Waals surface area contributed by atoms with Gasteiger partial charge in [0.2, 0.25) is 0 Å². The first kappa shape index (κ1) is 14.5. The highest BCUT2D eigenvalue weighted by atomic mass is 35.5. The Hall–Kier alpha value is -1.86. The first-order chi connectivity index (χ1) is 9.51. The maximum absolute atomic E-state index is 12.1. The lowest BCUT2D eigenvalue weighted by atomic mass is 10.3. The SMILES string of the molecule is CCOc1ccc(S(=O)(=O)Nc2cnc(Cl)cn2)cc1. The minimum absolute atomic E-state index is 0.100. The minimum Gasteiger partial charge on any atom is -0.494 e. The lowest BCUT2D eigenvalue weighted by molar-refractivity contribution is 0.340. The smallest absolute Gasteiger partial charge is 0.263 e. The molecule has 0 saturated carbocycles. The predicted molar refractivity (Wildman–Crippen MR) is 75.5 cm³/mol. The first-order valence-corrected chi connectivity index (χ1v) is 7.60. The zero-order valence-electron chi connectivity index (χ0n) is 10.6. The molecule has 0 amide bonds. The van der Waals surface area contributed by atoms with E-state index in [1.54, 1.807) is 12.1 Å². The number of ether oxygens (including phenoxy) is 1. The van der Waals surface area contributed by atoms with Crippen LogP contribution in [0.15, 0.2) is 41.6 Å². The van der Waals surface area contributed by atoms with Gasteiger partial charge in [0.1, 0.15) is 10.9 Å². The van der Waals surface area contributed by atoms with Crippen LogP contribution in [0.4, 0.5) is 5.82 Å². The Bertz CT molecular complexity index is 672. The van der Waals surface area contributed by atoms with Crippen LogP contribution in [0.1, 0.15) is 6.92 Å². The Labute approximate surface area is 121 Å². The van der Waals surface area contributed by atoms with Gasteiger partial charge in [0, 0.05) is 0 Å². The lowest BCUT2D eigenvalue weighted by Crippen LogP contribution is -2.14. The quantitative estimate of drug-likeness (QED) is 0.916. The number of nitrogens with one attached hydrogen (secondary N) is 1. The monoisotopic (exact) mass is 313 g/mol. The number of benzene rings is 1. The molecule has 1 N–H and O–H groups in total. The van der Waals surface area contributed by atoms with E-state index in [2.05, 4.69) is 14.7 Å². The van der Waals surface area contributed by atoms with E-state index in [0.29, 0.717) is 12.4 Å². The van der Waals surface area contributed by atoms with Gasteiger partial charge in [-0.3, -0.25) is 4.72 Å². The summed E-state index contributed by atoms with van der Waals surface area (Å²) in [5.41, 5.74) is 0. The van der Waals surface area contributed by atoms with Crippen LogP contribution >= 0.6 is 11.6 Å². The second-order valence-corrected chi connectivity index (χ2v) is 5.80. The standard InChI is InChI=1S/C12H12ClN3O3S/c1-2-19-9-3-5-10(6-4-9)20(17,18)16-12-8-14-11(13)7-15-12/h3-8H,2H2,1H3,(H,15,16). The van der Waals surface area contributed by atoms with Gasteiger partial charge >= 0.3 is 0 Å². The van der Waals surface area contributed by atoms with Crippen molar-refractivity contribution in [3.05, 3.63) is 41.8 Å². The van der Waals surface area contributed by atoms with E-state index in [0.717, 1.165) is 0 Å². The normalized spacial score (nSPS) is 11.1. The molecule has 2 rings (SSSR count). The maximum atomic E-state index is 12.1. The van der Waals surface area contributed by atoms with Crippen molar-refractivity contribution in [2.24, 2.45) is 0 Å². The van der Waals surface area contributed by atoms with Crippen LogP contribution in [-0.4, -0.2) is 25.0 Å². The summed E-state index contributed by atoms with van der Waals surface area (Å²) in [5, 5.41) is 0.189. The zero-order chi connectivity index (χ0) is 14.6. The Kier molecular flexibility index (Phi) is 4.41. The van der Waals surface area contributed by atoms with Gasteiger partial charge in [-0.2, -0.15) is 0 Å². The van der Waals surface area contributed by atoms with Crippen molar-refractivity contribution >= 4 is 27.4 Å². The topological polar surface area (TPSA) is 81.2 Å². The molecule has 0 saturated heterocycles. The summed E-state index contributed by atoms with van der Waals surface area (Å²) in [6.45, 7) is 2.37. The lowest BCUT2D eigenvalue weighted by Gasteiger charge is -2.08. The maximum Gasteiger partial charge on any atom is 0.263 e. The van der Waals surface area contributed by atoms with Crippen LogP contribution in [0.2, 0.25) is 5.15 Å². The van der Waals surface area contributed by atoms with Gasteiger partial charge < -0.3 is 4.74 Å². The van der Waals surface area contributed by atoms with Crippen molar-refractivity contribution in [2.75, 3.05) is 11.3 Å². The molecule has 1 aromatic heterocycles. The number of sulfonamides is 1. The van der Waals surface area contributed by atoms with E-state index in [-0.39, 0.29) is 15.9 Å². The summed E-state index contributed by atoms with van der Waals surface area (Å²) in [5.74, 6) is 0.709. The van der Waals surface area contributed by atoms with E-state index in [9.17, 15) is 8.42 Å². The second kappa shape index (κ2) is 6.06. The number of anilines is 1. The van der Waals surface area contributed by atoms with Gasteiger partial charge in [-0.1, -0.05) is 11.6 Å². The van der Waals surface area contributed by atoms with Gasteiger partial charge in [0.15, 0.2) is 5.82 Å². The van der Waals surface area contributed by atoms with E-state index in [1.807, 2.05) is 6.92 Å². The minimum atomic E-state index is -3.71. The third-order valence-corrected chi connectivity index (χ3v) is 3.87. The van der Waals surface area contributed by atoms with E-state index >= 15 is 0 Å². The Morgan fingerprint density at radius 3 is 2.45 bits per heavy atom. The summed E-state index contributed by atoms with van der Waals surface area (Å²) < 4.78 is 31.8. The summed E-state index contributed by atoms with van der Waals surface area (Å²) in [4.78, 5) is 7.69. The molecule has 0 aliphatic rings. The molecule has 0 aliphatic carbocycles. The molecule has 0 radical (unpaired) electrons. The molecule has 1 aromatic carbocycles. The molecule has 20 heavy (non-hydrogen) atoms. The van der Waals surface area contributed by atoms with Gasteiger partial charge in [0.25, 0.3) is 10.0 Å². The van der Waals surface area contributed by atoms with Gasteiger partial charge in [-0.15, -0.1) is 0 Å². The number of nitrogens with zero attached hydrogens (tertiary/aromatic N) is 2. The summed E-state index contributed by atoms with van der Waals surface area (Å²) in [6.07, 6.45) is 2.51. The average molecular weight is 314 g/mol. The molecule has 106 valence electrons. The molecule has 0 atom stereocenters. The number of aromatic nitrogens is 2. The van der Waals surface area contributed by atoms with Crippen LogP contribution in [0.3, 0.4) is 0 Å². The molecule has 0 bridgehead atoms. The van der Waals surface area contributed by atoms with Crippen LogP contribution in [0.5, 0.6) is 5.75 Å². The van der Waals surface area contributed by atoms with E-state index in [4.69, 9.17) is 16.3 Å². The number of halogens is 1. The molecule has 8 heteroatoms. The highest BCUT2D eigenvalue weighted by Gasteiger charge is 2.15.